The molecule has 0 aliphatic carbocycles. The van der Waals surface area contributed by atoms with E-state index in [1.165, 1.54) is 31.4 Å². The predicted molar refractivity (Wildman–Crippen MR) is 88.6 cm³/mol. The van der Waals surface area contributed by atoms with Crippen LogP contribution in [0.3, 0.4) is 0 Å². The average Bonchev–Trinajstić information content (AvgIpc) is 2.72. The summed E-state index contributed by atoms with van der Waals surface area (Å²) in [5, 5.41) is 0. The fourth-order valence-electron chi connectivity index (χ4n) is 3.10. The smallest absolute Gasteiger partial charge is 0.119 e. The summed E-state index contributed by atoms with van der Waals surface area (Å²) in [5.41, 5.74) is 7.38. The first-order valence-electron chi connectivity index (χ1n) is 8.41. The normalized spacial score (nSPS) is 21.8. The van der Waals surface area contributed by atoms with E-state index in [9.17, 15) is 0 Å². The van der Waals surface area contributed by atoms with Gasteiger partial charge in [-0.25, -0.2) is 0 Å². The second-order valence-electron chi connectivity index (χ2n) is 6.24. The number of ether oxygens (including phenoxy) is 1. The van der Waals surface area contributed by atoms with Crippen LogP contribution in [0.25, 0.3) is 0 Å². The minimum atomic E-state index is 0.343. The summed E-state index contributed by atoms with van der Waals surface area (Å²) in [6.07, 6.45) is 4.96. The Morgan fingerprint density at radius 2 is 2.00 bits per heavy atom. The molecule has 1 aliphatic heterocycles. The minimum absolute atomic E-state index is 0.343. The third kappa shape index (κ3) is 4.72. The molecule has 0 amide bonds. The zero-order chi connectivity index (χ0) is 15.1. The molecule has 118 valence electrons. The molecule has 1 aromatic rings. The standard InChI is InChI=1S/C18H30N2O/c1-3-13-21-17-8-6-16(7-9-17)18(14-19)20-11-4-5-15(2)10-12-20/h6-9,15,18H,3-5,10-14,19H2,1-2H3. The van der Waals surface area contributed by atoms with Gasteiger partial charge in [-0.2, -0.15) is 0 Å². The summed E-state index contributed by atoms with van der Waals surface area (Å²) in [4.78, 5) is 2.56. The first-order valence-corrected chi connectivity index (χ1v) is 8.41. The maximum atomic E-state index is 6.07. The number of likely N-dealkylation sites (tertiary alicyclic amines) is 1. The van der Waals surface area contributed by atoms with Crippen molar-refractivity contribution in [3.8, 4) is 5.75 Å². The van der Waals surface area contributed by atoms with Gasteiger partial charge in [0, 0.05) is 12.6 Å². The van der Waals surface area contributed by atoms with Crippen molar-refractivity contribution in [1.29, 1.82) is 0 Å². The van der Waals surface area contributed by atoms with E-state index in [1.54, 1.807) is 0 Å². The summed E-state index contributed by atoms with van der Waals surface area (Å²) < 4.78 is 5.66. The Labute approximate surface area is 129 Å². The first-order chi connectivity index (χ1) is 10.2. The molecule has 2 atom stereocenters. The minimum Gasteiger partial charge on any atom is -0.494 e. The predicted octanol–water partition coefficient (Wildman–Crippen LogP) is 3.60. The monoisotopic (exact) mass is 290 g/mol. The van der Waals surface area contributed by atoms with Crippen LogP contribution in [0.4, 0.5) is 0 Å². The Kier molecular flexibility index (Phi) is 6.52. The molecule has 1 fully saturated rings. The quantitative estimate of drug-likeness (QED) is 0.870. The van der Waals surface area contributed by atoms with E-state index in [0.29, 0.717) is 12.6 Å². The Bertz CT molecular complexity index is 404. The molecular formula is C18H30N2O. The second-order valence-corrected chi connectivity index (χ2v) is 6.24. The van der Waals surface area contributed by atoms with Crippen molar-refractivity contribution in [1.82, 2.24) is 4.90 Å². The van der Waals surface area contributed by atoms with Crippen LogP contribution in [0.1, 0.15) is 51.1 Å². The van der Waals surface area contributed by atoms with Crippen molar-refractivity contribution < 1.29 is 4.74 Å². The third-order valence-electron chi connectivity index (χ3n) is 4.45. The number of rotatable bonds is 6. The van der Waals surface area contributed by atoms with Gasteiger partial charge in [-0.3, -0.25) is 4.90 Å². The lowest BCUT2D eigenvalue weighted by molar-refractivity contribution is 0.207. The van der Waals surface area contributed by atoms with Crippen LogP contribution in [0.5, 0.6) is 5.75 Å². The Hall–Kier alpha value is -1.06. The summed E-state index contributed by atoms with van der Waals surface area (Å²) in [5.74, 6) is 1.80. The summed E-state index contributed by atoms with van der Waals surface area (Å²) in [6, 6.07) is 8.85. The van der Waals surface area contributed by atoms with Crippen molar-refractivity contribution in [3.63, 3.8) is 0 Å². The number of benzene rings is 1. The zero-order valence-electron chi connectivity index (χ0n) is 13.6. The van der Waals surface area contributed by atoms with Crippen LogP contribution >= 0.6 is 0 Å². The highest BCUT2D eigenvalue weighted by molar-refractivity contribution is 5.29. The largest absolute Gasteiger partial charge is 0.494 e. The van der Waals surface area contributed by atoms with Crippen LogP contribution in [-0.4, -0.2) is 31.1 Å². The topological polar surface area (TPSA) is 38.5 Å². The Morgan fingerprint density at radius 3 is 2.67 bits per heavy atom. The van der Waals surface area contributed by atoms with Gasteiger partial charge in [0.05, 0.1) is 6.61 Å². The molecule has 0 spiro atoms. The van der Waals surface area contributed by atoms with E-state index < -0.39 is 0 Å². The van der Waals surface area contributed by atoms with Gasteiger partial charge >= 0.3 is 0 Å². The molecule has 2 rings (SSSR count). The molecule has 3 heteroatoms. The Morgan fingerprint density at radius 1 is 1.24 bits per heavy atom. The van der Waals surface area contributed by atoms with Gasteiger partial charge in [0.1, 0.15) is 5.75 Å². The molecule has 21 heavy (non-hydrogen) atoms. The average molecular weight is 290 g/mol. The van der Waals surface area contributed by atoms with Crippen LogP contribution in [0, 0.1) is 5.92 Å². The lowest BCUT2D eigenvalue weighted by Crippen LogP contribution is -2.34. The zero-order valence-corrected chi connectivity index (χ0v) is 13.6. The lowest BCUT2D eigenvalue weighted by atomic mass is 10.0. The van der Waals surface area contributed by atoms with E-state index in [-0.39, 0.29) is 0 Å². The fraction of sp³-hybridized carbons (Fsp3) is 0.667. The van der Waals surface area contributed by atoms with Crippen molar-refractivity contribution >= 4 is 0 Å². The van der Waals surface area contributed by atoms with Gasteiger partial charge in [-0.05, 0) is 62.4 Å². The molecule has 1 aliphatic rings. The molecule has 3 nitrogen and oxygen atoms in total. The van der Waals surface area contributed by atoms with Crippen molar-refractivity contribution in [2.45, 2.75) is 45.6 Å². The molecule has 0 bridgehead atoms. The van der Waals surface area contributed by atoms with Crippen molar-refractivity contribution in [3.05, 3.63) is 29.8 Å². The molecule has 0 aromatic heterocycles. The molecule has 0 radical (unpaired) electrons. The van der Waals surface area contributed by atoms with Crippen LogP contribution < -0.4 is 10.5 Å². The van der Waals surface area contributed by atoms with Crippen LogP contribution in [0.15, 0.2) is 24.3 Å². The van der Waals surface area contributed by atoms with Crippen LogP contribution in [0.2, 0.25) is 0 Å². The number of nitrogens with two attached hydrogens (primary N) is 1. The van der Waals surface area contributed by atoms with E-state index in [1.807, 2.05) is 0 Å². The summed E-state index contributed by atoms with van der Waals surface area (Å²) >= 11 is 0. The molecule has 1 heterocycles. The van der Waals surface area contributed by atoms with Gasteiger partial charge < -0.3 is 10.5 Å². The molecule has 0 saturated carbocycles. The van der Waals surface area contributed by atoms with E-state index >= 15 is 0 Å². The molecule has 2 N–H and O–H groups in total. The molecule has 2 unspecified atom stereocenters. The van der Waals surface area contributed by atoms with E-state index in [2.05, 4.69) is 43.0 Å². The molecule has 1 aromatic carbocycles. The van der Waals surface area contributed by atoms with Gasteiger partial charge in [0.15, 0.2) is 0 Å². The number of hydrogen-bond acceptors (Lipinski definition) is 3. The Balaban J connectivity index is 2.02. The maximum Gasteiger partial charge on any atom is 0.119 e. The number of hydrogen-bond donors (Lipinski definition) is 1. The highest BCUT2D eigenvalue weighted by atomic mass is 16.5. The van der Waals surface area contributed by atoms with E-state index in [0.717, 1.165) is 31.2 Å². The van der Waals surface area contributed by atoms with Gasteiger partial charge in [-0.15, -0.1) is 0 Å². The van der Waals surface area contributed by atoms with Gasteiger partial charge in [0.2, 0.25) is 0 Å². The fourth-order valence-corrected chi connectivity index (χ4v) is 3.10. The van der Waals surface area contributed by atoms with Crippen molar-refractivity contribution in [2.75, 3.05) is 26.2 Å². The third-order valence-corrected chi connectivity index (χ3v) is 4.45. The summed E-state index contributed by atoms with van der Waals surface area (Å²) in [6.45, 7) is 8.28. The summed E-state index contributed by atoms with van der Waals surface area (Å²) in [7, 11) is 0. The highest BCUT2D eigenvalue weighted by Gasteiger charge is 2.22. The van der Waals surface area contributed by atoms with Gasteiger partial charge in [-0.1, -0.05) is 26.0 Å². The SMILES string of the molecule is CCCOc1ccc(C(CN)N2CCCC(C)CC2)cc1. The van der Waals surface area contributed by atoms with Gasteiger partial charge in [0.25, 0.3) is 0 Å². The molecule has 1 saturated heterocycles. The highest BCUT2D eigenvalue weighted by Crippen LogP contribution is 2.26. The first kappa shape index (κ1) is 16.3. The number of nitrogens with zero attached hydrogens (tertiary/aromatic N) is 1. The lowest BCUT2D eigenvalue weighted by Gasteiger charge is -2.30. The van der Waals surface area contributed by atoms with Crippen molar-refractivity contribution in [2.24, 2.45) is 11.7 Å². The molecular weight excluding hydrogens is 260 g/mol. The van der Waals surface area contributed by atoms with Crippen LogP contribution in [-0.2, 0) is 0 Å². The van der Waals surface area contributed by atoms with E-state index in [4.69, 9.17) is 10.5 Å². The maximum absolute atomic E-state index is 6.07. The second kappa shape index (κ2) is 8.40.